The van der Waals surface area contributed by atoms with Gasteiger partial charge in [0.05, 0.1) is 11.6 Å². The standard InChI is InChI=1S/C15H18BrClFNO2/c1-15(2,3)21-14(20)19(10-5-6-10)8-9-4-7-11(16)12(17)13(9)18/h4,7,10H,5-6,8H2,1-3H3. The van der Waals surface area contributed by atoms with Crippen molar-refractivity contribution in [1.82, 2.24) is 4.90 Å². The first-order valence-electron chi connectivity index (χ1n) is 6.81. The highest BCUT2D eigenvalue weighted by atomic mass is 79.9. The molecule has 1 amide bonds. The van der Waals surface area contributed by atoms with Crippen molar-refractivity contribution in [3.05, 3.63) is 33.0 Å². The SMILES string of the molecule is CC(C)(C)OC(=O)N(Cc1ccc(Br)c(Cl)c1F)C1CC1. The third-order valence-corrected chi connectivity index (χ3v) is 4.33. The molecule has 0 heterocycles. The molecule has 0 N–H and O–H groups in total. The van der Waals surface area contributed by atoms with Gasteiger partial charge in [0.25, 0.3) is 0 Å². The lowest BCUT2D eigenvalue weighted by Gasteiger charge is -2.27. The summed E-state index contributed by atoms with van der Waals surface area (Å²) in [5.41, 5.74) is -0.180. The summed E-state index contributed by atoms with van der Waals surface area (Å²) in [5.74, 6) is -0.500. The molecule has 0 aliphatic heterocycles. The van der Waals surface area contributed by atoms with Crippen LogP contribution in [0.1, 0.15) is 39.2 Å². The van der Waals surface area contributed by atoms with E-state index < -0.39 is 17.5 Å². The fourth-order valence-corrected chi connectivity index (χ4v) is 2.41. The Morgan fingerprint density at radius 2 is 2.10 bits per heavy atom. The van der Waals surface area contributed by atoms with Gasteiger partial charge < -0.3 is 9.64 Å². The number of halogens is 3. The Hall–Kier alpha value is -0.810. The molecule has 21 heavy (non-hydrogen) atoms. The zero-order valence-corrected chi connectivity index (χ0v) is 14.6. The van der Waals surface area contributed by atoms with E-state index in [1.165, 1.54) is 0 Å². The predicted molar refractivity (Wildman–Crippen MR) is 83.9 cm³/mol. The Balaban J connectivity index is 2.18. The molecule has 1 saturated carbocycles. The largest absolute Gasteiger partial charge is 0.444 e. The van der Waals surface area contributed by atoms with Crippen LogP contribution >= 0.6 is 27.5 Å². The summed E-state index contributed by atoms with van der Waals surface area (Å²) in [6.07, 6.45) is 1.43. The highest BCUT2D eigenvalue weighted by Gasteiger charge is 2.35. The fourth-order valence-electron chi connectivity index (χ4n) is 1.92. The second-order valence-electron chi connectivity index (χ2n) is 6.17. The van der Waals surface area contributed by atoms with Crippen LogP contribution in [0.5, 0.6) is 0 Å². The Morgan fingerprint density at radius 1 is 1.48 bits per heavy atom. The van der Waals surface area contributed by atoms with Crippen molar-refractivity contribution in [2.45, 2.75) is 51.8 Å². The summed E-state index contributed by atoms with van der Waals surface area (Å²) in [5, 5.41) is 0.0347. The van der Waals surface area contributed by atoms with E-state index in [1.807, 2.05) is 20.8 Å². The van der Waals surface area contributed by atoms with E-state index in [-0.39, 0.29) is 17.6 Å². The zero-order chi connectivity index (χ0) is 15.8. The molecule has 0 aromatic heterocycles. The van der Waals surface area contributed by atoms with Crippen LogP contribution in [0.3, 0.4) is 0 Å². The highest BCUT2D eigenvalue weighted by Crippen LogP contribution is 2.33. The lowest BCUT2D eigenvalue weighted by Crippen LogP contribution is -2.38. The molecular weight excluding hydrogens is 361 g/mol. The highest BCUT2D eigenvalue weighted by molar-refractivity contribution is 9.10. The first-order valence-corrected chi connectivity index (χ1v) is 7.98. The quantitative estimate of drug-likeness (QED) is 0.681. The molecule has 2 rings (SSSR count). The summed E-state index contributed by atoms with van der Waals surface area (Å²) in [6, 6.07) is 3.44. The number of carbonyl (C=O) groups excluding carboxylic acids is 1. The second-order valence-corrected chi connectivity index (χ2v) is 7.41. The van der Waals surface area contributed by atoms with Crippen LogP contribution in [0.15, 0.2) is 16.6 Å². The minimum Gasteiger partial charge on any atom is -0.444 e. The van der Waals surface area contributed by atoms with Crippen molar-refractivity contribution in [2.75, 3.05) is 0 Å². The molecule has 0 radical (unpaired) electrons. The normalized spacial score (nSPS) is 15.0. The number of rotatable bonds is 3. The van der Waals surface area contributed by atoms with Gasteiger partial charge in [-0.2, -0.15) is 0 Å². The van der Waals surface area contributed by atoms with E-state index in [4.69, 9.17) is 16.3 Å². The van der Waals surface area contributed by atoms with Crippen molar-refractivity contribution in [2.24, 2.45) is 0 Å². The first-order chi connectivity index (χ1) is 9.69. The molecule has 0 saturated heterocycles. The Kier molecular flexibility index (Phi) is 4.83. The molecule has 1 aromatic rings. The molecule has 1 aliphatic rings. The summed E-state index contributed by atoms with van der Waals surface area (Å²) in [7, 11) is 0. The molecular formula is C15H18BrClFNO2. The minimum atomic E-state index is -0.569. The molecule has 3 nitrogen and oxygen atoms in total. The van der Waals surface area contributed by atoms with Gasteiger partial charge in [-0.15, -0.1) is 0 Å². The van der Waals surface area contributed by atoms with Crippen molar-refractivity contribution < 1.29 is 13.9 Å². The van der Waals surface area contributed by atoms with E-state index in [0.29, 0.717) is 10.0 Å². The maximum atomic E-state index is 14.2. The van der Waals surface area contributed by atoms with Crippen molar-refractivity contribution in [3.8, 4) is 0 Å². The van der Waals surface area contributed by atoms with Gasteiger partial charge in [-0.3, -0.25) is 0 Å². The van der Waals surface area contributed by atoms with E-state index in [9.17, 15) is 9.18 Å². The third-order valence-electron chi connectivity index (χ3n) is 3.07. The Labute approximate surface area is 137 Å². The summed E-state index contributed by atoms with van der Waals surface area (Å²) in [6.45, 7) is 5.60. The zero-order valence-electron chi connectivity index (χ0n) is 12.3. The van der Waals surface area contributed by atoms with Crippen molar-refractivity contribution in [3.63, 3.8) is 0 Å². The lowest BCUT2D eigenvalue weighted by molar-refractivity contribution is 0.0215. The van der Waals surface area contributed by atoms with Crippen LogP contribution in [0.4, 0.5) is 9.18 Å². The number of benzene rings is 1. The summed E-state index contributed by atoms with van der Waals surface area (Å²) >= 11 is 9.07. The third kappa shape index (κ3) is 4.33. The molecule has 0 unspecified atom stereocenters. The van der Waals surface area contributed by atoms with Gasteiger partial charge >= 0.3 is 6.09 Å². The van der Waals surface area contributed by atoms with Crippen molar-refractivity contribution >= 4 is 33.6 Å². The molecule has 1 fully saturated rings. The molecule has 1 aromatic carbocycles. The van der Waals surface area contributed by atoms with Gasteiger partial charge in [-0.1, -0.05) is 17.7 Å². The van der Waals surface area contributed by atoms with Gasteiger partial charge in [0, 0.05) is 16.1 Å². The molecule has 0 spiro atoms. The Bertz CT molecular complexity index is 555. The average molecular weight is 379 g/mol. The van der Waals surface area contributed by atoms with Crippen LogP contribution in [-0.4, -0.2) is 22.6 Å². The van der Waals surface area contributed by atoms with Gasteiger partial charge in [0.15, 0.2) is 0 Å². The van der Waals surface area contributed by atoms with Gasteiger partial charge in [0.1, 0.15) is 11.4 Å². The maximum Gasteiger partial charge on any atom is 0.410 e. The minimum absolute atomic E-state index is 0.0347. The van der Waals surface area contributed by atoms with Crippen LogP contribution in [-0.2, 0) is 11.3 Å². The van der Waals surface area contributed by atoms with Crippen LogP contribution in [0.25, 0.3) is 0 Å². The number of hydrogen-bond donors (Lipinski definition) is 0. The molecule has 116 valence electrons. The monoisotopic (exact) mass is 377 g/mol. The van der Waals surface area contributed by atoms with Crippen LogP contribution < -0.4 is 0 Å². The summed E-state index contributed by atoms with van der Waals surface area (Å²) < 4.78 is 20.1. The van der Waals surface area contributed by atoms with Gasteiger partial charge in [-0.25, -0.2) is 9.18 Å². The number of hydrogen-bond acceptors (Lipinski definition) is 2. The van der Waals surface area contributed by atoms with Crippen molar-refractivity contribution in [1.29, 1.82) is 0 Å². The first kappa shape index (κ1) is 16.6. The predicted octanol–water partition coefficient (Wildman–Crippen LogP) is 5.14. The fraction of sp³-hybridized carbons (Fsp3) is 0.533. The van der Waals surface area contributed by atoms with Crippen LogP contribution in [0.2, 0.25) is 5.02 Å². The number of amides is 1. The molecule has 6 heteroatoms. The van der Waals surface area contributed by atoms with Crippen LogP contribution in [0, 0.1) is 5.82 Å². The molecule has 1 aliphatic carbocycles. The lowest BCUT2D eigenvalue weighted by atomic mass is 10.2. The van der Waals surface area contributed by atoms with E-state index in [2.05, 4.69) is 15.9 Å². The molecule has 0 bridgehead atoms. The van der Waals surface area contributed by atoms with E-state index >= 15 is 0 Å². The second kappa shape index (κ2) is 6.13. The topological polar surface area (TPSA) is 29.5 Å². The average Bonchev–Trinajstić information content (AvgIpc) is 3.17. The molecule has 0 atom stereocenters. The summed E-state index contributed by atoms with van der Waals surface area (Å²) in [4.78, 5) is 13.8. The van der Waals surface area contributed by atoms with E-state index in [1.54, 1.807) is 17.0 Å². The number of nitrogens with zero attached hydrogens (tertiary/aromatic N) is 1. The Morgan fingerprint density at radius 3 is 2.62 bits per heavy atom. The van der Waals surface area contributed by atoms with E-state index in [0.717, 1.165) is 12.8 Å². The maximum absolute atomic E-state index is 14.2. The number of ether oxygens (including phenoxy) is 1. The number of carbonyl (C=O) groups is 1. The van der Waals surface area contributed by atoms with Gasteiger partial charge in [-0.05, 0) is 55.6 Å². The smallest absolute Gasteiger partial charge is 0.410 e. The van der Waals surface area contributed by atoms with Gasteiger partial charge in [0.2, 0.25) is 0 Å².